The first kappa shape index (κ1) is 14.4. The highest BCUT2D eigenvalue weighted by Gasteiger charge is 2.27. The van der Waals surface area contributed by atoms with Crippen LogP contribution in [0.15, 0.2) is 16.5 Å². The molecule has 1 aromatic heterocycles. The van der Waals surface area contributed by atoms with E-state index in [-0.39, 0.29) is 6.29 Å². The number of halogens is 2. The number of aldehydes is 1. The van der Waals surface area contributed by atoms with Crippen LogP contribution in [0, 0.1) is 0 Å². The fraction of sp³-hybridized carbons (Fsp3) is 0.0833. The van der Waals surface area contributed by atoms with Crippen molar-refractivity contribution >= 4 is 29.2 Å². The molecule has 0 spiro atoms. The molecule has 0 bridgehead atoms. The molecule has 0 radical (unpaired) electrons. The maximum absolute atomic E-state index is 12.3. The van der Waals surface area contributed by atoms with Crippen molar-refractivity contribution in [2.75, 3.05) is 0 Å². The molecular weight excluding hydrogens is 294 g/mol. The number of benzene rings is 1. The average molecular weight is 300 g/mol. The average Bonchev–Trinajstić information content (AvgIpc) is 2.77. The highest BCUT2D eigenvalue weighted by molar-refractivity contribution is 6.14. The fourth-order valence-electron chi connectivity index (χ4n) is 1.84. The Bertz CT molecular complexity index is 748. The Hall–Kier alpha value is -2.97. The molecule has 1 heterocycles. The number of carboxylic acids is 2. The van der Waals surface area contributed by atoms with Crippen LogP contribution >= 0.6 is 0 Å². The van der Waals surface area contributed by atoms with Crippen LogP contribution in [0.25, 0.3) is 11.0 Å². The van der Waals surface area contributed by atoms with Crippen LogP contribution in [0.1, 0.15) is 31.3 Å². The second-order valence-corrected chi connectivity index (χ2v) is 3.77. The van der Waals surface area contributed by atoms with Crippen molar-refractivity contribution < 1.29 is 42.5 Å². The third-order valence-corrected chi connectivity index (χ3v) is 2.60. The molecule has 0 aliphatic heterocycles. The molecule has 2 rings (SSSR count). The lowest BCUT2D eigenvalue weighted by Crippen LogP contribution is -2.04. The van der Waals surface area contributed by atoms with Crippen molar-refractivity contribution in [2.24, 2.45) is 0 Å². The summed E-state index contributed by atoms with van der Waals surface area (Å²) in [5, 5.41) is 17.5. The molecule has 110 valence electrons. The minimum Gasteiger partial charge on any atom is -0.478 e. The van der Waals surface area contributed by atoms with Crippen LogP contribution in [0.4, 0.5) is 8.78 Å². The third-order valence-electron chi connectivity index (χ3n) is 2.60. The minimum absolute atomic E-state index is 0.0773. The number of carbonyl (C=O) groups is 3. The molecule has 2 N–H and O–H groups in total. The van der Waals surface area contributed by atoms with Gasteiger partial charge in [-0.25, -0.2) is 9.59 Å². The van der Waals surface area contributed by atoms with E-state index < -0.39 is 52.2 Å². The quantitative estimate of drug-likeness (QED) is 0.814. The van der Waals surface area contributed by atoms with Gasteiger partial charge in [-0.3, -0.25) is 4.79 Å². The van der Waals surface area contributed by atoms with Crippen molar-refractivity contribution in [1.29, 1.82) is 0 Å². The second kappa shape index (κ2) is 5.19. The van der Waals surface area contributed by atoms with Gasteiger partial charge < -0.3 is 19.4 Å². The third kappa shape index (κ3) is 2.40. The maximum Gasteiger partial charge on any atom is 0.387 e. The Balaban J connectivity index is 2.89. The lowest BCUT2D eigenvalue weighted by Gasteiger charge is -2.06. The summed E-state index contributed by atoms with van der Waals surface area (Å²) in [5.74, 6) is -4.55. The molecule has 0 aliphatic carbocycles. The summed E-state index contributed by atoms with van der Waals surface area (Å²) in [7, 11) is 0. The van der Waals surface area contributed by atoms with Gasteiger partial charge in [0.05, 0.1) is 16.5 Å². The van der Waals surface area contributed by atoms with E-state index in [9.17, 15) is 23.2 Å². The largest absolute Gasteiger partial charge is 0.478 e. The second-order valence-electron chi connectivity index (χ2n) is 3.77. The zero-order valence-corrected chi connectivity index (χ0v) is 10.0. The molecule has 0 atom stereocenters. The molecule has 0 fully saturated rings. The van der Waals surface area contributed by atoms with Crippen LogP contribution in [0.2, 0.25) is 0 Å². The van der Waals surface area contributed by atoms with Crippen LogP contribution in [0.5, 0.6) is 5.75 Å². The smallest absolute Gasteiger partial charge is 0.387 e. The standard InChI is InChI=1S/C12H6F2O7/c13-12(14)20-6-2-1-4(10(16)17)7-5(3-15)8(11(18)19)21-9(6)7/h1-3,12H,(H,16,17)(H,18,19). The van der Waals surface area contributed by atoms with Crippen LogP contribution in [0.3, 0.4) is 0 Å². The summed E-state index contributed by atoms with van der Waals surface area (Å²) in [6, 6.07) is 1.80. The summed E-state index contributed by atoms with van der Waals surface area (Å²) in [4.78, 5) is 33.1. The number of hydrogen-bond donors (Lipinski definition) is 2. The number of ether oxygens (including phenoxy) is 1. The van der Waals surface area contributed by atoms with Crippen molar-refractivity contribution in [3.8, 4) is 5.75 Å². The van der Waals surface area contributed by atoms with E-state index in [1.165, 1.54) is 0 Å². The van der Waals surface area contributed by atoms with Gasteiger partial charge in [-0.1, -0.05) is 0 Å². The van der Waals surface area contributed by atoms with Crippen LogP contribution in [-0.2, 0) is 0 Å². The van der Waals surface area contributed by atoms with E-state index in [2.05, 4.69) is 4.74 Å². The van der Waals surface area contributed by atoms with Gasteiger partial charge in [-0.15, -0.1) is 0 Å². The Morgan fingerprint density at radius 2 is 1.90 bits per heavy atom. The number of hydrogen-bond acceptors (Lipinski definition) is 5. The van der Waals surface area contributed by atoms with E-state index >= 15 is 0 Å². The van der Waals surface area contributed by atoms with Gasteiger partial charge >= 0.3 is 18.6 Å². The van der Waals surface area contributed by atoms with Crippen molar-refractivity contribution in [1.82, 2.24) is 0 Å². The summed E-state index contributed by atoms with van der Waals surface area (Å²) in [6.45, 7) is -3.23. The molecular formula is C12H6F2O7. The van der Waals surface area contributed by atoms with E-state index in [4.69, 9.17) is 14.6 Å². The topological polar surface area (TPSA) is 114 Å². The van der Waals surface area contributed by atoms with Gasteiger partial charge in [0.25, 0.3) is 0 Å². The van der Waals surface area contributed by atoms with Gasteiger partial charge in [0.2, 0.25) is 5.76 Å². The van der Waals surface area contributed by atoms with Gasteiger partial charge in [-0.2, -0.15) is 8.78 Å². The Kier molecular flexibility index (Phi) is 3.57. The number of furan rings is 1. The zero-order chi connectivity index (χ0) is 15.7. The number of rotatable bonds is 5. The zero-order valence-electron chi connectivity index (χ0n) is 10.0. The predicted octanol–water partition coefficient (Wildman–Crippen LogP) is 2.24. The number of carbonyl (C=O) groups excluding carboxylic acids is 1. The highest BCUT2D eigenvalue weighted by Crippen LogP contribution is 2.35. The number of alkyl halides is 2. The number of fused-ring (bicyclic) bond motifs is 1. The molecule has 0 saturated carbocycles. The summed E-state index contributed by atoms with van der Waals surface area (Å²) >= 11 is 0. The lowest BCUT2D eigenvalue weighted by molar-refractivity contribution is -0.0494. The van der Waals surface area contributed by atoms with E-state index in [1.807, 2.05) is 0 Å². The van der Waals surface area contributed by atoms with Crippen LogP contribution in [-0.4, -0.2) is 35.0 Å². The van der Waals surface area contributed by atoms with Gasteiger partial charge in [0.1, 0.15) is 0 Å². The van der Waals surface area contributed by atoms with Gasteiger partial charge in [0.15, 0.2) is 17.6 Å². The molecule has 0 saturated heterocycles. The molecule has 1 aromatic carbocycles. The Morgan fingerprint density at radius 1 is 1.24 bits per heavy atom. The molecule has 0 amide bonds. The molecule has 0 aliphatic rings. The predicted molar refractivity (Wildman–Crippen MR) is 62.2 cm³/mol. The molecule has 7 nitrogen and oxygen atoms in total. The van der Waals surface area contributed by atoms with Crippen molar-refractivity contribution in [3.63, 3.8) is 0 Å². The lowest BCUT2D eigenvalue weighted by atomic mass is 10.0. The number of aromatic carboxylic acids is 2. The molecule has 21 heavy (non-hydrogen) atoms. The maximum atomic E-state index is 12.3. The monoisotopic (exact) mass is 300 g/mol. The Labute approximate surface area is 114 Å². The van der Waals surface area contributed by atoms with E-state index in [0.29, 0.717) is 0 Å². The summed E-state index contributed by atoms with van der Waals surface area (Å²) < 4.78 is 33.5. The van der Waals surface area contributed by atoms with Crippen molar-refractivity contribution in [2.45, 2.75) is 6.61 Å². The summed E-state index contributed by atoms with van der Waals surface area (Å²) in [6.07, 6.45) is 0.0773. The first-order valence-electron chi connectivity index (χ1n) is 5.33. The molecule has 2 aromatic rings. The van der Waals surface area contributed by atoms with Crippen molar-refractivity contribution in [3.05, 3.63) is 29.0 Å². The minimum atomic E-state index is -3.23. The first-order chi connectivity index (χ1) is 9.86. The fourth-order valence-corrected chi connectivity index (χ4v) is 1.84. The SMILES string of the molecule is O=Cc1c(C(=O)O)oc2c(OC(F)F)ccc(C(=O)O)c12. The normalized spacial score (nSPS) is 10.8. The molecule has 0 unspecified atom stereocenters. The molecule has 9 heteroatoms. The van der Waals surface area contributed by atoms with E-state index in [1.54, 1.807) is 0 Å². The summed E-state index contributed by atoms with van der Waals surface area (Å²) in [5.41, 5.74) is -1.57. The first-order valence-corrected chi connectivity index (χ1v) is 5.33. The number of carboxylic acid groups (broad SMARTS) is 2. The van der Waals surface area contributed by atoms with Crippen LogP contribution < -0.4 is 4.74 Å². The van der Waals surface area contributed by atoms with Gasteiger partial charge in [0, 0.05) is 0 Å². The Morgan fingerprint density at radius 3 is 2.38 bits per heavy atom. The van der Waals surface area contributed by atoms with Gasteiger partial charge in [-0.05, 0) is 12.1 Å². The van der Waals surface area contributed by atoms with E-state index in [0.717, 1.165) is 12.1 Å². The highest BCUT2D eigenvalue weighted by atomic mass is 19.3.